The topological polar surface area (TPSA) is 54.4 Å². The summed E-state index contributed by atoms with van der Waals surface area (Å²) in [5.41, 5.74) is 2.64. The molecule has 0 aliphatic heterocycles. The predicted molar refractivity (Wildman–Crippen MR) is 70.9 cm³/mol. The van der Waals surface area contributed by atoms with Crippen molar-refractivity contribution in [3.8, 4) is 11.1 Å². The Bertz CT molecular complexity index is 643. The maximum absolute atomic E-state index is 11.4. The fourth-order valence-electron chi connectivity index (χ4n) is 1.82. The lowest BCUT2D eigenvalue weighted by Gasteiger charge is -2.07. The van der Waals surface area contributed by atoms with Crippen molar-refractivity contribution >= 4 is 9.84 Å². The molecule has 0 saturated heterocycles. The van der Waals surface area contributed by atoms with Gasteiger partial charge in [0, 0.05) is 6.26 Å². The number of benzene rings is 2. The van der Waals surface area contributed by atoms with Gasteiger partial charge in [0.05, 0.1) is 11.5 Å². The van der Waals surface area contributed by atoms with Gasteiger partial charge in [0.15, 0.2) is 9.84 Å². The van der Waals surface area contributed by atoms with Crippen molar-refractivity contribution in [3.05, 3.63) is 54.1 Å². The largest absolute Gasteiger partial charge is 0.392 e. The second kappa shape index (κ2) is 4.92. The van der Waals surface area contributed by atoms with Crippen LogP contribution in [0.4, 0.5) is 0 Å². The molecule has 0 amide bonds. The van der Waals surface area contributed by atoms with Crippen LogP contribution in [0.15, 0.2) is 53.4 Å². The number of hydrogen-bond donors (Lipinski definition) is 1. The van der Waals surface area contributed by atoms with E-state index in [1.54, 1.807) is 24.3 Å². The highest BCUT2D eigenvalue weighted by molar-refractivity contribution is 7.90. The van der Waals surface area contributed by atoms with E-state index in [1.165, 1.54) is 6.26 Å². The first-order valence-corrected chi connectivity index (χ1v) is 7.41. The number of hydrogen-bond acceptors (Lipinski definition) is 3. The molecule has 4 heteroatoms. The molecule has 0 aromatic heterocycles. The second-order valence-corrected chi connectivity index (χ2v) is 6.13. The first-order valence-electron chi connectivity index (χ1n) is 5.51. The van der Waals surface area contributed by atoms with Crippen LogP contribution < -0.4 is 0 Å². The fourth-order valence-corrected chi connectivity index (χ4v) is 2.45. The Morgan fingerprint density at radius 1 is 1.00 bits per heavy atom. The number of aliphatic hydroxyl groups is 1. The molecule has 3 nitrogen and oxygen atoms in total. The molecule has 0 bridgehead atoms. The second-order valence-electron chi connectivity index (χ2n) is 4.11. The van der Waals surface area contributed by atoms with Crippen molar-refractivity contribution in [2.24, 2.45) is 0 Å². The van der Waals surface area contributed by atoms with Gasteiger partial charge in [-0.25, -0.2) is 8.42 Å². The van der Waals surface area contributed by atoms with Crippen molar-refractivity contribution < 1.29 is 13.5 Å². The molecule has 18 heavy (non-hydrogen) atoms. The lowest BCUT2D eigenvalue weighted by Crippen LogP contribution is -1.96. The predicted octanol–water partition coefficient (Wildman–Crippen LogP) is 2.25. The Morgan fingerprint density at radius 3 is 2.17 bits per heavy atom. The highest BCUT2D eigenvalue weighted by Crippen LogP contribution is 2.24. The molecule has 0 radical (unpaired) electrons. The molecule has 0 heterocycles. The van der Waals surface area contributed by atoms with Crippen molar-refractivity contribution in [2.75, 3.05) is 6.26 Å². The van der Waals surface area contributed by atoms with Crippen LogP contribution in [0.5, 0.6) is 0 Å². The van der Waals surface area contributed by atoms with Gasteiger partial charge in [0.1, 0.15) is 0 Å². The first-order chi connectivity index (χ1) is 8.52. The van der Waals surface area contributed by atoms with Crippen LogP contribution in [-0.2, 0) is 16.4 Å². The molecular weight excluding hydrogens is 248 g/mol. The number of rotatable bonds is 3. The number of aliphatic hydroxyl groups excluding tert-OH is 1. The molecule has 0 fully saturated rings. The van der Waals surface area contributed by atoms with E-state index in [0.717, 1.165) is 16.7 Å². The molecule has 0 aliphatic carbocycles. The zero-order valence-electron chi connectivity index (χ0n) is 10.00. The minimum Gasteiger partial charge on any atom is -0.392 e. The molecule has 0 spiro atoms. The van der Waals surface area contributed by atoms with Gasteiger partial charge in [-0.15, -0.1) is 0 Å². The van der Waals surface area contributed by atoms with Crippen LogP contribution in [0.25, 0.3) is 11.1 Å². The minimum atomic E-state index is -3.17. The van der Waals surface area contributed by atoms with Crippen LogP contribution in [0.1, 0.15) is 5.56 Å². The lowest BCUT2D eigenvalue weighted by molar-refractivity contribution is 0.282. The third kappa shape index (κ3) is 2.60. The Kier molecular flexibility index (Phi) is 3.50. The Balaban J connectivity index is 2.47. The summed E-state index contributed by atoms with van der Waals surface area (Å²) in [6, 6.07) is 14.2. The van der Waals surface area contributed by atoms with Crippen LogP contribution in [0, 0.1) is 0 Å². The van der Waals surface area contributed by atoms with Crippen LogP contribution in [0.2, 0.25) is 0 Å². The van der Waals surface area contributed by atoms with E-state index in [-0.39, 0.29) is 6.61 Å². The molecule has 0 saturated carbocycles. The van der Waals surface area contributed by atoms with E-state index >= 15 is 0 Å². The highest BCUT2D eigenvalue weighted by atomic mass is 32.2. The van der Waals surface area contributed by atoms with Crippen molar-refractivity contribution in [1.29, 1.82) is 0 Å². The maximum Gasteiger partial charge on any atom is 0.175 e. The van der Waals surface area contributed by atoms with E-state index in [1.807, 2.05) is 24.3 Å². The zero-order chi connectivity index (χ0) is 13.2. The van der Waals surface area contributed by atoms with Gasteiger partial charge in [-0.2, -0.15) is 0 Å². The maximum atomic E-state index is 11.4. The molecule has 94 valence electrons. The van der Waals surface area contributed by atoms with E-state index in [0.29, 0.717) is 4.90 Å². The third-order valence-corrected chi connectivity index (χ3v) is 3.91. The summed E-state index contributed by atoms with van der Waals surface area (Å²) in [5, 5.41) is 9.27. The molecule has 2 rings (SSSR count). The standard InChI is InChI=1S/C14H14O3S/c1-18(16,17)13-8-6-11(7-9-13)14-5-3-2-4-12(14)10-15/h2-9,15H,10H2,1H3. The van der Waals surface area contributed by atoms with Gasteiger partial charge < -0.3 is 5.11 Å². The van der Waals surface area contributed by atoms with Gasteiger partial charge in [-0.1, -0.05) is 36.4 Å². The van der Waals surface area contributed by atoms with E-state index < -0.39 is 9.84 Å². The van der Waals surface area contributed by atoms with E-state index in [2.05, 4.69) is 0 Å². The zero-order valence-corrected chi connectivity index (χ0v) is 10.8. The molecule has 0 atom stereocenters. The molecule has 0 unspecified atom stereocenters. The summed E-state index contributed by atoms with van der Waals surface area (Å²) in [6.45, 7) is -0.0377. The third-order valence-electron chi connectivity index (χ3n) is 2.78. The Hall–Kier alpha value is -1.65. The van der Waals surface area contributed by atoms with E-state index in [4.69, 9.17) is 0 Å². The van der Waals surface area contributed by atoms with Crippen molar-refractivity contribution in [3.63, 3.8) is 0 Å². The van der Waals surface area contributed by atoms with Gasteiger partial charge in [-0.05, 0) is 28.8 Å². The lowest BCUT2D eigenvalue weighted by atomic mass is 10.0. The monoisotopic (exact) mass is 262 g/mol. The summed E-state index contributed by atoms with van der Waals surface area (Å²) in [5.74, 6) is 0. The quantitative estimate of drug-likeness (QED) is 0.923. The van der Waals surface area contributed by atoms with Gasteiger partial charge in [-0.3, -0.25) is 0 Å². The average Bonchev–Trinajstić information content (AvgIpc) is 2.38. The minimum absolute atomic E-state index is 0.0377. The van der Waals surface area contributed by atoms with Crippen LogP contribution in [-0.4, -0.2) is 19.8 Å². The Morgan fingerprint density at radius 2 is 1.61 bits per heavy atom. The molecule has 0 aliphatic rings. The van der Waals surface area contributed by atoms with Crippen LogP contribution >= 0.6 is 0 Å². The first kappa shape index (κ1) is 12.8. The summed E-state index contributed by atoms with van der Waals surface area (Å²) in [7, 11) is -3.17. The van der Waals surface area contributed by atoms with Crippen LogP contribution in [0.3, 0.4) is 0 Å². The fraction of sp³-hybridized carbons (Fsp3) is 0.143. The molecule has 2 aromatic carbocycles. The average molecular weight is 262 g/mol. The Labute approximate surface area is 107 Å². The summed E-state index contributed by atoms with van der Waals surface area (Å²) in [6.07, 6.45) is 1.18. The summed E-state index contributed by atoms with van der Waals surface area (Å²) < 4.78 is 22.7. The van der Waals surface area contributed by atoms with Gasteiger partial charge in [0.2, 0.25) is 0 Å². The molecule has 1 N–H and O–H groups in total. The van der Waals surface area contributed by atoms with Crippen molar-refractivity contribution in [1.82, 2.24) is 0 Å². The smallest absolute Gasteiger partial charge is 0.175 e. The summed E-state index contributed by atoms with van der Waals surface area (Å²) in [4.78, 5) is 0.299. The van der Waals surface area contributed by atoms with Gasteiger partial charge >= 0.3 is 0 Å². The normalized spacial score (nSPS) is 11.4. The highest BCUT2D eigenvalue weighted by Gasteiger charge is 2.08. The molecular formula is C14H14O3S. The SMILES string of the molecule is CS(=O)(=O)c1ccc(-c2ccccc2CO)cc1. The van der Waals surface area contributed by atoms with Gasteiger partial charge in [0.25, 0.3) is 0 Å². The summed E-state index contributed by atoms with van der Waals surface area (Å²) >= 11 is 0. The van der Waals surface area contributed by atoms with Crippen molar-refractivity contribution in [2.45, 2.75) is 11.5 Å². The molecule has 2 aromatic rings. The van der Waals surface area contributed by atoms with E-state index in [9.17, 15) is 13.5 Å². The number of sulfone groups is 1.